The smallest absolute Gasteiger partial charge is 0.339 e. The fourth-order valence-corrected chi connectivity index (χ4v) is 3.67. The Morgan fingerprint density at radius 1 is 1.24 bits per heavy atom. The molecule has 2 aromatic heterocycles. The predicted molar refractivity (Wildman–Crippen MR) is 105 cm³/mol. The van der Waals surface area contributed by atoms with Gasteiger partial charge in [0.2, 0.25) is 0 Å². The number of benzene rings is 1. The number of carboxylic acids is 1. The van der Waals surface area contributed by atoms with Crippen LogP contribution >= 0.6 is 0 Å². The number of aryl methyl sites for hydroxylation is 2. The van der Waals surface area contributed by atoms with E-state index in [0.717, 1.165) is 31.5 Å². The van der Waals surface area contributed by atoms with Gasteiger partial charge >= 0.3 is 5.97 Å². The molecule has 1 amide bonds. The Hall–Kier alpha value is -3.42. The Morgan fingerprint density at radius 3 is 2.83 bits per heavy atom. The van der Waals surface area contributed by atoms with Crippen molar-refractivity contribution in [2.75, 3.05) is 0 Å². The second-order valence-corrected chi connectivity index (χ2v) is 7.20. The van der Waals surface area contributed by atoms with Crippen molar-refractivity contribution in [2.24, 2.45) is 0 Å². The van der Waals surface area contributed by atoms with Crippen molar-refractivity contribution < 1.29 is 19.1 Å². The summed E-state index contributed by atoms with van der Waals surface area (Å²) in [4.78, 5) is 41.0. The van der Waals surface area contributed by atoms with E-state index in [1.54, 1.807) is 29.7 Å². The van der Waals surface area contributed by atoms with Gasteiger partial charge in [-0.1, -0.05) is 6.42 Å². The van der Waals surface area contributed by atoms with Crippen molar-refractivity contribution >= 4 is 22.8 Å². The lowest BCUT2D eigenvalue weighted by Crippen LogP contribution is -2.25. The van der Waals surface area contributed by atoms with E-state index in [1.165, 1.54) is 6.07 Å². The molecule has 0 aliphatic carbocycles. The lowest BCUT2D eigenvalue weighted by molar-refractivity contribution is 0.0694. The first-order valence-electron chi connectivity index (χ1n) is 9.58. The van der Waals surface area contributed by atoms with E-state index in [2.05, 4.69) is 10.3 Å². The number of aromatic nitrogens is 2. The Kier molecular flexibility index (Phi) is 4.92. The molecule has 0 saturated carbocycles. The minimum atomic E-state index is -1.07. The zero-order valence-corrected chi connectivity index (χ0v) is 16.0. The van der Waals surface area contributed by atoms with E-state index in [4.69, 9.17) is 9.52 Å². The fourth-order valence-electron chi connectivity index (χ4n) is 3.67. The fraction of sp³-hybridized carbons (Fsp3) is 0.333. The average molecular weight is 395 g/mol. The van der Waals surface area contributed by atoms with Crippen LogP contribution < -0.4 is 10.9 Å². The van der Waals surface area contributed by atoms with Crippen LogP contribution in [0.15, 0.2) is 33.5 Å². The second-order valence-electron chi connectivity index (χ2n) is 7.20. The Labute approximate surface area is 166 Å². The maximum atomic E-state index is 12.8. The minimum absolute atomic E-state index is 0.0608. The first-order valence-corrected chi connectivity index (χ1v) is 9.58. The number of furan rings is 1. The second kappa shape index (κ2) is 7.54. The lowest BCUT2D eigenvalue weighted by Gasteiger charge is -2.11. The monoisotopic (exact) mass is 395 g/mol. The van der Waals surface area contributed by atoms with Crippen LogP contribution in [-0.2, 0) is 19.5 Å². The van der Waals surface area contributed by atoms with Gasteiger partial charge in [-0.05, 0) is 44.0 Å². The van der Waals surface area contributed by atoms with Gasteiger partial charge in [0.1, 0.15) is 22.9 Å². The van der Waals surface area contributed by atoms with E-state index >= 15 is 0 Å². The van der Waals surface area contributed by atoms with Crippen molar-refractivity contribution in [3.8, 4) is 0 Å². The molecule has 0 spiro atoms. The van der Waals surface area contributed by atoms with E-state index < -0.39 is 5.97 Å². The quantitative estimate of drug-likeness (QED) is 0.702. The van der Waals surface area contributed by atoms with Gasteiger partial charge in [-0.15, -0.1) is 0 Å². The highest BCUT2D eigenvalue weighted by atomic mass is 16.4. The molecule has 0 saturated heterocycles. The minimum Gasteiger partial charge on any atom is -0.478 e. The standard InChI is InChI=1S/C21H21N3O5/c1-12-16(21(27)28)10-14(29-12)11-22-19(25)13-6-7-15-17(9-13)23-18-5-3-2-4-8-24(18)20(15)26/h6-7,9-10H,2-5,8,11H2,1H3,(H,22,25)(H,27,28). The predicted octanol–water partition coefficient (Wildman–Crippen LogP) is 2.65. The van der Waals surface area contributed by atoms with Crippen molar-refractivity contribution in [1.29, 1.82) is 0 Å². The van der Waals surface area contributed by atoms with Gasteiger partial charge in [0.05, 0.1) is 17.4 Å². The Morgan fingerprint density at radius 2 is 2.07 bits per heavy atom. The normalized spacial score (nSPS) is 13.7. The van der Waals surface area contributed by atoms with E-state index in [0.29, 0.717) is 28.8 Å². The third-order valence-electron chi connectivity index (χ3n) is 5.20. The molecule has 1 aliphatic rings. The average Bonchev–Trinajstić information content (AvgIpc) is 2.92. The summed E-state index contributed by atoms with van der Waals surface area (Å²) >= 11 is 0. The maximum Gasteiger partial charge on any atom is 0.339 e. The SMILES string of the molecule is Cc1oc(CNC(=O)c2ccc3c(=O)n4c(nc3c2)CCCCC4)cc1C(=O)O. The van der Waals surface area contributed by atoms with Crippen LogP contribution in [0.2, 0.25) is 0 Å². The van der Waals surface area contributed by atoms with Gasteiger partial charge in [0.15, 0.2) is 0 Å². The number of carboxylic acid groups (broad SMARTS) is 1. The number of fused-ring (bicyclic) bond motifs is 2. The zero-order chi connectivity index (χ0) is 20.5. The number of carbonyl (C=O) groups excluding carboxylic acids is 1. The molecule has 8 nitrogen and oxygen atoms in total. The molecule has 1 aromatic carbocycles. The first kappa shape index (κ1) is 18.9. The summed E-state index contributed by atoms with van der Waals surface area (Å²) in [5, 5.41) is 12.3. The molecule has 0 atom stereocenters. The van der Waals surface area contributed by atoms with Gasteiger partial charge in [-0.25, -0.2) is 9.78 Å². The Balaban J connectivity index is 1.57. The summed E-state index contributed by atoms with van der Waals surface area (Å²) in [6, 6.07) is 6.25. The summed E-state index contributed by atoms with van der Waals surface area (Å²) < 4.78 is 7.11. The number of nitrogens with zero attached hydrogens (tertiary/aromatic N) is 2. The van der Waals surface area contributed by atoms with Crippen LogP contribution in [0.25, 0.3) is 10.9 Å². The van der Waals surface area contributed by atoms with E-state index in [-0.39, 0.29) is 29.3 Å². The van der Waals surface area contributed by atoms with Gasteiger partial charge in [-0.2, -0.15) is 0 Å². The van der Waals surface area contributed by atoms with Crippen LogP contribution in [0.3, 0.4) is 0 Å². The van der Waals surface area contributed by atoms with Crippen molar-refractivity contribution in [3.05, 3.63) is 63.1 Å². The molecular formula is C21H21N3O5. The van der Waals surface area contributed by atoms with E-state index in [9.17, 15) is 14.4 Å². The van der Waals surface area contributed by atoms with Gasteiger partial charge in [0, 0.05) is 18.5 Å². The molecule has 0 bridgehead atoms. The molecule has 0 fully saturated rings. The highest BCUT2D eigenvalue weighted by molar-refractivity contribution is 5.97. The van der Waals surface area contributed by atoms with Crippen molar-refractivity contribution in [2.45, 2.75) is 45.7 Å². The number of rotatable bonds is 4. The topological polar surface area (TPSA) is 114 Å². The summed E-state index contributed by atoms with van der Waals surface area (Å²) in [7, 11) is 0. The summed E-state index contributed by atoms with van der Waals surface area (Å²) in [5.74, 6) is -0.0112. The molecule has 150 valence electrons. The summed E-state index contributed by atoms with van der Waals surface area (Å²) in [6.07, 6.45) is 3.80. The number of hydrogen-bond acceptors (Lipinski definition) is 5. The van der Waals surface area contributed by atoms with Crippen LogP contribution in [-0.4, -0.2) is 26.5 Å². The molecule has 0 radical (unpaired) electrons. The van der Waals surface area contributed by atoms with Crippen LogP contribution in [0.5, 0.6) is 0 Å². The highest BCUT2D eigenvalue weighted by Gasteiger charge is 2.17. The lowest BCUT2D eigenvalue weighted by atomic mass is 10.1. The molecule has 2 N–H and O–H groups in total. The molecule has 3 heterocycles. The van der Waals surface area contributed by atoms with Crippen LogP contribution in [0, 0.1) is 6.92 Å². The third kappa shape index (κ3) is 3.65. The summed E-state index contributed by atoms with van der Waals surface area (Å²) in [6.45, 7) is 2.30. The Bertz CT molecular complexity index is 1180. The third-order valence-corrected chi connectivity index (χ3v) is 5.20. The maximum absolute atomic E-state index is 12.8. The number of aromatic carboxylic acids is 1. The number of carbonyl (C=O) groups is 2. The number of nitrogens with one attached hydrogen (secondary N) is 1. The van der Waals surface area contributed by atoms with Crippen LogP contribution in [0.1, 0.15) is 57.3 Å². The largest absolute Gasteiger partial charge is 0.478 e. The van der Waals surface area contributed by atoms with Gasteiger partial charge in [0.25, 0.3) is 11.5 Å². The van der Waals surface area contributed by atoms with Gasteiger partial charge in [-0.3, -0.25) is 14.2 Å². The van der Waals surface area contributed by atoms with Crippen LogP contribution in [0.4, 0.5) is 0 Å². The van der Waals surface area contributed by atoms with Gasteiger partial charge < -0.3 is 14.8 Å². The molecule has 29 heavy (non-hydrogen) atoms. The molecular weight excluding hydrogens is 374 g/mol. The molecule has 4 rings (SSSR count). The van der Waals surface area contributed by atoms with Crippen molar-refractivity contribution in [1.82, 2.24) is 14.9 Å². The molecule has 0 unspecified atom stereocenters. The number of amides is 1. The highest BCUT2D eigenvalue weighted by Crippen LogP contribution is 2.17. The molecule has 1 aliphatic heterocycles. The first-order chi connectivity index (χ1) is 13.9. The molecule has 8 heteroatoms. The summed E-state index contributed by atoms with van der Waals surface area (Å²) in [5.41, 5.74) is 0.902. The zero-order valence-electron chi connectivity index (χ0n) is 16.0. The van der Waals surface area contributed by atoms with Crippen molar-refractivity contribution in [3.63, 3.8) is 0 Å². The number of hydrogen-bond donors (Lipinski definition) is 2. The molecule has 3 aromatic rings. The van der Waals surface area contributed by atoms with E-state index in [1.807, 2.05) is 0 Å².